The van der Waals surface area contributed by atoms with Crippen LogP contribution in [-0.4, -0.2) is 40.2 Å². The molecule has 154 valence electrons. The molecular weight excluding hydrogens is 434 g/mol. The van der Waals surface area contributed by atoms with E-state index >= 15 is 0 Å². The third-order valence-corrected chi connectivity index (χ3v) is 4.25. The number of ether oxygens (including phenoxy) is 1. The summed E-state index contributed by atoms with van der Waals surface area (Å²) in [5, 5.41) is 5.27. The van der Waals surface area contributed by atoms with E-state index in [0.717, 1.165) is 0 Å². The van der Waals surface area contributed by atoms with Crippen molar-refractivity contribution < 1.29 is 22.7 Å². The number of hydrogen-bond donors (Lipinski definition) is 3. The first-order chi connectivity index (χ1) is 13.7. The number of fused-ring (bicyclic) bond motifs is 1. The molecule has 2 heterocycles. The molecule has 0 aliphatic carbocycles. The van der Waals surface area contributed by atoms with E-state index in [9.17, 15) is 18.0 Å². The molecule has 0 saturated carbocycles. The molecule has 29 heavy (non-hydrogen) atoms. The maximum absolute atomic E-state index is 12.4. The number of anilines is 2. The molecule has 0 aliphatic heterocycles. The van der Waals surface area contributed by atoms with Crippen LogP contribution in [0.25, 0.3) is 11.0 Å². The molecule has 0 bridgehead atoms. The average molecular weight is 448 g/mol. The molecule has 0 fully saturated rings. The van der Waals surface area contributed by atoms with Gasteiger partial charge in [-0.3, -0.25) is 9.78 Å². The van der Waals surface area contributed by atoms with E-state index in [2.05, 4.69) is 20.3 Å². The summed E-state index contributed by atoms with van der Waals surface area (Å²) in [4.78, 5) is 23.3. The van der Waals surface area contributed by atoms with Crippen LogP contribution in [-0.2, 0) is 0 Å². The summed E-state index contributed by atoms with van der Waals surface area (Å²) in [7, 11) is 0. The van der Waals surface area contributed by atoms with Crippen molar-refractivity contribution in [2.75, 3.05) is 18.5 Å². The number of amides is 1. The van der Waals surface area contributed by atoms with Crippen LogP contribution in [0.4, 0.5) is 24.8 Å². The van der Waals surface area contributed by atoms with Crippen molar-refractivity contribution in [2.24, 2.45) is 0 Å². The molecule has 0 aliphatic rings. The first-order valence-electron chi connectivity index (χ1n) is 8.25. The lowest BCUT2D eigenvalue weighted by Gasteiger charge is -2.12. The van der Waals surface area contributed by atoms with E-state index in [4.69, 9.17) is 27.9 Å². The van der Waals surface area contributed by atoms with Gasteiger partial charge in [-0.25, -0.2) is 4.98 Å². The Bertz CT molecular complexity index is 1040. The van der Waals surface area contributed by atoms with Crippen molar-refractivity contribution in [3.05, 3.63) is 40.1 Å². The summed E-state index contributed by atoms with van der Waals surface area (Å²) < 4.78 is 42.6. The van der Waals surface area contributed by atoms with Crippen LogP contribution in [0, 0.1) is 0 Å². The number of H-pyrrole nitrogens is 1. The number of rotatable bonds is 6. The zero-order valence-corrected chi connectivity index (χ0v) is 16.3. The summed E-state index contributed by atoms with van der Waals surface area (Å²) in [5.74, 6) is -0.556. The van der Waals surface area contributed by atoms with Crippen molar-refractivity contribution in [3.63, 3.8) is 0 Å². The van der Waals surface area contributed by atoms with Gasteiger partial charge in [0.05, 0.1) is 38.9 Å². The second-order valence-corrected chi connectivity index (χ2v) is 6.60. The second kappa shape index (κ2) is 8.34. The number of alkyl halides is 3. The van der Waals surface area contributed by atoms with Gasteiger partial charge in [0.2, 0.25) is 5.95 Å². The third kappa shape index (κ3) is 5.01. The lowest BCUT2D eigenvalue weighted by molar-refractivity contribution is -0.123. The quantitative estimate of drug-likeness (QED) is 0.509. The molecule has 0 radical (unpaired) electrons. The number of halogens is 5. The number of imidazole rings is 1. The van der Waals surface area contributed by atoms with Gasteiger partial charge in [0.1, 0.15) is 12.3 Å². The molecule has 3 aromatic rings. The minimum Gasteiger partial charge on any atom is -0.493 e. The van der Waals surface area contributed by atoms with E-state index in [1.54, 1.807) is 6.92 Å². The predicted molar refractivity (Wildman–Crippen MR) is 103 cm³/mol. The summed E-state index contributed by atoms with van der Waals surface area (Å²) in [6.45, 7) is 0.444. The number of aromatic amines is 1. The van der Waals surface area contributed by atoms with Crippen molar-refractivity contribution in [2.45, 2.75) is 13.1 Å². The average Bonchev–Trinajstić information content (AvgIpc) is 3.03. The van der Waals surface area contributed by atoms with Gasteiger partial charge in [-0.05, 0) is 13.0 Å². The topological polar surface area (TPSA) is 91.9 Å². The number of nitrogens with one attached hydrogen (secondary N) is 3. The highest BCUT2D eigenvalue weighted by Crippen LogP contribution is 2.32. The SMILES string of the molecule is CCOc1cc2nc(Nc3c(Cl)cncc3Cl)[nH]c2cc1C(=O)NCC(F)(F)F. The summed E-state index contributed by atoms with van der Waals surface area (Å²) in [6, 6.07) is 2.82. The molecule has 0 atom stereocenters. The van der Waals surface area contributed by atoms with Gasteiger partial charge >= 0.3 is 6.18 Å². The highest BCUT2D eigenvalue weighted by atomic mass is 35.5. The maximum Gasteiger partial charge on any atom is 0.405 e. The minimum atomic E-state index is -4.53. The van der Waals surface area contributed by atoms with E-state index < -0.39 is 18.6 Å². The molecule has 0 unspecified atom stereocenters. The Morgan fingerprint density at radius 2 is 1.93 bits per heavy atom. The fourth-order valence-corrected chi connectivity index (χ4v) is 2.93. The highest BCUT2D eigenvalue weighted by molar-refractivity contribution is 6.39. The zero-order valence-electron chi connectivity index (χ0n) is 14.8. The van der Waals surface area contributed by atoms with Gasteiger partial charge < -0.3 is 20.4 Å². The molecular formula is C17H14Cl2F3N5O2. The smallest absolute Gasteiger partial charge is 0.405 e. The van der Waals surface area contributed by atoms with Gasteiger partial charge in [0.15, 0.2) is 0 Å². The lowest BCUT2D eigenvalue weighted by Crippen LogP contribution is -2.33. The first kappa shape index (κ1) is 21.0. The van der Waals surface area contributed by atoms with E-state index in [0.29, 0.717) is 16.7 Å². The number of benzene rings is 1. The Labute approximate surface area is 172 Å². The molecule has 3 N–H and O–H groups in total. The van der Waals surface area contributed by atoms with Gasteiger partial charge in [-0.15, -0.1) is 0 Å². The van der Waals surface area contributed by atoms with Crippen molar-refractivity contribution in [3.8, 4) is 5.75 Å². The van der Waals surface area contributed by atoms with Gasteiger partial charge in [0, 0.05) is 18.5 Å². The fourth-order valence-electron chi connectivity index (χ4n) is 2.47. The van der Waals surface area contributed by atoms with Crippen molar-refractivity contribution in [1.29, 1.82) is 0 Å². The minimum absolute atomic E-state index is 0.0567. The largest absolute Gasteiger partial charge is 0.493 e. The van der Waals surface area contributed by atoms with Gasteiger partial charge in [0.25, 0.3) is 5.91 Å². The van der Waals surface area contributed by atoms with Crippen molar-refractivity contribution >= 4 is 51.8 Å². The number of hydrogen-bond acceptors (Lipinski definition) is 5. The Hall–Kier alpha value is -2.72. The van der Waals surface area contributed by atoms with Crippen LogP contribution in [0.15, 0.2) is 24.5 Å². The van der Waals surface area contributed by atoms with Crippen LogP contribution in [0.1, 0.15) is 17.3 Å². The third-order valence-electron chi connectivity index (χ3n) is 3.67. The maximum atomic E-state index is 12.4. The van der Waals surface area contributed by atoms with Crippen LogP contribution in [0.3, 0.4) is 0 Å². The number of nitrogens with zero attached hydrogens (tertiary/aromatic N) is 2. The number of carbonyl (C=O) groups is 1. The first-order valence-corrected chi connectivity index (χ1v) is 9.01. The van der Waals surface area contributed by atoms with Crippen LogP contribution in [0.5, 0.6) is 5.75 Å². The molecule has 0 saturated heterocycles. The molecule has 0 spiro atoms. The van der Waals surface area contributed by atoms with Crippen LogP contribution in [0.2, 0.25) is 10.0 Å². The molecule has 3 rings (SSSR count). The molecule has 12 heteroatoms. The number of aromatic nitrogens is 3. The number of pyridine rings is 1. The molecule has 1 aromatic carbocycles. The Morgan fingerprint density at radius 3 is 2.55 bits per heavy atom. The molecule has 2 aromatic heterocycles. The Balaban J connectivity index is 1.95. The molecule has 1 amide bonds. The summed E-state index contributed by atoms with van der Waals surface area (Å²) in [6.07, 6.45) is -1.73. The van der Waals surface area contributed by atoms with E-state index in [1.807, 2.05) is 5.32 Å². The highest BCUT2D eigenvalue weighted by Gasteiger charge is 2.28. The van der Waals surface area contributed by atoms with Crippen LogP contribution < -0.4 is 15.4 Å². The zero-order chi connectivity index (χ0) is 21.2. The van der Waals surface area contributed by atoms with Crippen LogP contribution >= 0.6 is 23.2 Å². The summed E-state index contributed by atoms with van der Waals surface area (Å²) in [5.41, 5.74) is 1.13. The van der Waals surface area contributed by atoms with Gasteiger partial charge in [-0.1, -0.05) is 23.2 Å². The fraction of sp³-hybridized carbons (Fsp3) is 0.235. The van der Waals surface area contributed by atoms with Gasteiger partial charge in [-0.2, -0.15) is 13.2 Å². The van der Waals surface area contributed by atoms with E-state index in [-0.39, 0.29) is 33.9 Å². The second-order valence-electron chi connectivity index (χ2n) is 5.78. The van der Waals surface area contributed by atoms with Crippen molar-refractivity contribution in [1.82, 2.24) is 20.3 Å². The summed E-state index contributed by atoms with van der Waals surface area (Å²) >= 11 is 12.1. The molecule has 7 nitrogen and oxygen atoms in total. The Kier molecular flexibility index (Phi) is 6.04. The number of carbonyl (C=O) groups excluding carboxylic acids is 1. The predicted octanol–water partition coefficient (Wildman–Crippen LogP) is 4.70. The monoisotopic (exact) mass is 447 g/mol. The lowest BCUT2D eigenvalue weighted by atomic mass is 10.1. The van der Waals surface area contributed by atoms with E-state index in [1.165, 1.54) is 24.5 Å². The normalized spacial score (nSPS) is 11.5. The Morgan fingerprint density at radius 1 is 1.24 bits per heavy atom. The standard InChI is InChI=1S/C17H14Cl2F3N5O2/c1-2-29-13-4-12-11(3-8(13)15(28)24-7-17(20,21)22)25-16(26-12)27-14-9(18)5-23-6-10(14)19/h3-6H,2,7H2,1H3,(H,24,28)(H2,23,25,26,27).